The van der Waals surface area contributed by atoms with Crippen molar-refractivity contribution < 1.29 is 26.4 Å². The van der Waals surface area contributed by atoms with Crippen molar-refractivity contribution in [2.24, 2.45) is 5.41 Å². The summed E-state index contributed by atoms with van der Waals surface area (Å²) in [5.41, 5.74) is -0.518. The second-order valence-electron chi connectivity index (χ2n) is 10.4. The van der Waals surface area contributed by atoms with E-state index in [9.17, 15) is 31.6 Å². The summed E-state index contributed by atoms with van der Waals surface area (Å²) in [5.74, 6) is 0.121. The molecule has 206 valence electrons. The zero-order valence-corrected chi connectivity index (χ0v) is 22.3. The van der Waals surface area contributed by atoms with E-state index in [1.54, 1.807) is 0 Å². The summed E-state index contributed by atoms with van der Waals surface area (Å²) < 4.78 is 70.1. The van der Waals surface area contributed by atoms with E-state index >= 15 is 0 Å². The molecule has 0 aromatic carbocycles. The maximum absolute atomic E-state index is 13.3. The van der Waals surface area contributed by atoms with Gasteiger partial charge in [0, 0.05) is 37.8 Å². The minimum atomic E-state index is -4.68. The lowest BCUT2D eigenvalue weighted by atomic mass is 10.1. The molecule has 6 rings (SSSR count). The Kier molecular flexibility index (Phi) is 5.73. The van der Waals surface area contributed by atoms with Gasteiger partial charge in [-0.25, -0.2) is 13.4 Å². The first kappa shape index (κ1) is 26.0. The topological polar surface area (TPSA) is 137 Å². The number of imidazole rings is 1. The Balaban J connectivity index is 1.40. The number of hydrogen-bond donors (Lipinski definition) is 1. The Labute approximate surface area is 225 Å². The van der Waals surface area contributed by atoms with Crippen molar-refractivity contribution in [1.82, 2.24) is 29.2 Å². The largest absolute Gasteiger partial charge is 0.445 e. The van der Waals surface area contributed by atoms with Crippen LogP contribution in [0.1, 0.15) is 37.6 Å². The number of piperazine rings is 1. The van der Waals surface area contributed by atoms with Crippen LogP contribution in [0, 0.1) is 16.7 Å². The SMILES string of the molecule is CC1(C(=O)N2CCN(c3cc(S(=O)(=O)NC4(C#N)CC4)cn4c(-c5nnc(C(F)(F)F)s5)ncc34)CC2)CC1. The standard InChI is InChI=1S/C23H23F3N8O3S2/c1-21(2-3-21)20(35)33-8-6-32(7-9-33)15-10-14(39(36,37)31-22(13-27)4-5-22)12-34-16(15)11-28-17(34)18-29-30-19(38-18)23(24,25)26/h10-12,31H,2-9H2,1H3. The van der Waals surface area contributed by atoms with Crippen LogP contribution in [-0.4, -0.2) is 70.5 Å². The molecule has 2 aliphatic carbocycles. The number of sulfonamides is 1. The summed E-state index contributed by atoms with van der Waals surface area (Å²) in [6.45, 7) is 3.69. The first-order valence-electron chi connectivity index (χ1n) is 12.3. The van der Waals surface area contributed by atoms with E-state index in [1.807, 2.05) is 22.8 Å². The molecule has 4 heterocycles. The van der Waals surface area contributed by atoms with Gasteiger partial charge in [-0.1, -0.05) is 18.3 Å². The molecular weight excluding hydrogens is 557 g/mol. The van der Waals surface area contributed by atoms with Gasteiger partial charge in [0.15, 0.2) is 10.8 Å². The number of fused-ring (bicyclic) bond motifs is 1. The maximum Gasteiger partial charge on any atom is 0.445 e. The fourth-order valence-corrected chi connectivity index (χ4v) is 6.75. The number of carbonyl (C=O) groups is 1. The van der Waals surface area contributed by atoms with Crippen molar-refractivity contribution in [2.45, 2.75) is 49.2 Å². The number of aromatic nitrogens is 4. The first-order valence-corrected chi connectivity index (χ1v) is 14.6. The second kappa shape index (κ2) is 8.60. The molecule has 1 N–H and O–H groups in total. The Morgan fingerprint density at radius 3 is 2.41 bits per heavy atom. The Bertz CT molecular complexity index is 1630. The van der Waals surface area contributed by atoms with Crippen LogP contribution >= 0.6 is 11.3 Å². The Morgan fingerprint density at radius 2 is 1.85 bits per heavy atom. The number of halogens is 3. The molecule has 3 fully saturated rings. The molecule has 3 aliphatic rings. The van der Waals surface area contributed by atoms with Gasteiger partial charge in [0.1, 0.15) is 10.4 Å². The summed E-state index contributed by atoms with van der Waals surface area (Å²) in [5, 5.41) is 15.0. The zero-order valence-electron chi connectivity index (χ0n) is 20.7. The smallest absolute Gasteiger partial charge is 0.366 e. The average Bonchev–Trinajstić information content (AvgIpc) is 3.71. The van der Waals surface area contributed by atoms with Crippen molar-refractivity contribution in [3.8, 4) is 16.9 Å². The van der Waals surface area contributed by atoms with Crippen molar-refractivity contribution in [3.05, 3.63) is 23.5 Å². The highest BCUT2D eigenvalue weighted by molar-refractivity contribution is 7.89. The van der Waals surface area contributed by atoms with Crippen LogP contribution in [0.4, 0.5) is 18.9 Å². The van der Waals surface area contributed by atoms with Crippen molar-refractivity contribution in [2.75, 3.05) is 31.1 Å². The monoisotopic (exact) mass is 580 g/mol. The molecule has 0 spiro atoms. The fraction of sp³-hybridized carbons (Fsp3) is 0.522. The Morgan fingerprint density at radius 1 is 1.15 bits per heavy atom. The second-order valence-corrected chi connectivity index (χ2v) is 13.1. The van der Waals surface area contributed by atoms with E-state index in [2.05, 4.69) is 19.9 Å². The van der Waals surface area contributed by atoms with Gasteiger partial charge in [-0.15, -0.1) is 10.2 Å². The summed E-state index contributed by atoms with van der Waals surface area (Å²) >= 11 is 0.306. The van der Waals surface area contributed by atoms with Gasteiger partial charge >= 0.3 is 6.18 Å². The maximum atomic E-state index is 13.3. The molecule has 11 nitrogen and oxygen atoms in total. The third-order valence-corrected chi connectivity index (χ3v) is 9.95. The minimum Gasteiger partial charge on any atom is -0.366 e. The van der Waals surface area contributed by atoms with E-state index in [4.69, 9.17) is 0 Å². The highest BCUT2D eigenvalue weighted by atomic mass is 32.2. The van der Waals surface area contributed by atoms with Crippen LogP contribution in [0.15, 0.2) is 23.4 Å². The third-order valence-electron chi connectivity index (χ3n) is 7.48. The van der Waals surface area contributed by atoms with Gasteiger partial charge in [0.2, 0.25) is 20.9 Å². The lowest BCUT2D eigenvalue weighted by molar-refractivity contribution is -0.138. The lowest BCUT2D eigenvalue weighted by Crippen LogP contribution is -2.50. The van der Waals surface area contributed by atoms with E-state index in [0.29, 0.717) is 61.6 Å². The average molecular weight is 581 g/mol. The molecule has 0 unspecified atom stereocenters. The summed E-state index contributed by atoms with van der Waals surface area (Å²) in [6.07, 6.45) is 0.524. The van der Waals surface area contributed by atoms with Crippen LogP contribution in [0.2, 0.25) is 0 Å². The summed E-state index contributed by atoms with van der Waals surface area (Å²) in [7, 11) is -4.18. The number of nitriles is 1. The molecule has 1 aliphatic heterocycles. The van der Waals surface area contributed by atoms with E-state index in [0.717, 1.165) is 12.8 Å². The predicted molar refractivity (Wildman–Crippen MR) is 133 cm³/mol. The molecule has 3 aromatic rings. The van der Waals surface area contributed by atoms with Gasteiger partial charge in [0.25, 0.3) is 0 Å². The molecule has 1 saturated heterocycles. The van der Waals surface area contributed by atoms with Crippen LogP contribution in [0.3, 0.4) is 0 Å². The van der Waals surface area contributed by atoms with E-state index < -0.39 is 26.7 Å². The number of nitrogens with zero attached hydrogens (tertiary/aromatic N) is 7. The molecule has 0 radical (unpaired) electrons. The van der Waals surface area contributed by atoms with Gasteiger partial charge < -0.3 is 9.80 Å². The highest BCUT2D eigenvalue weighted by Gasteiger charge is 2.48. The minimum absolute atomic E-state index is 0.00758. The van der Waals surface area contributed by atoms with Gasteiger partial charge in [-0.2, -0.15) is 23.2 Å². The number of amides is 1. The number of anilines is 1. The highest BCUT2D eigenvalue weighted by Crippen LogP contribution is 2.46. The molecule has 0 bridgehead atoms. The van der Waals surface area contributed by atoms with Gasteiger partial charge in [-0.05, 0) is 31.7 Å². The van der Waals surface area contributed by atoms with E-state index in [-0.39, 0.29) is 27.0 Å². The number of pyridine rings is 1. The third kappa shape index (κ3) is 4.61. The quantitative estimate of drug-likeness (QED) is 0.470. The van der Waals surface area contributed by atoms with Crippen LogP contribution < -0.4 is 9.62 Å². The van der Waals surface area contributed by atoms with Crippen LogP contribution in [-0.2, 0) is 21.0 Å². The van der Waals surface area contributed by atoms with Crippen molar-refractivity contribution in [3.63, 3.8) is 0 Å². The number of rotatable bonds is 6. The number of nitrogens with one attached hydrogen (secondary N) is 1. The fourth-order valence-electron chi connectivity index (χ4n) is 4.65. The molecule has 16 heteroatoms. The lowest BCUT2D eigenvalue weighted by Gasteiger charge is -2.37. The van der Waals surface area contributed by atoms with Crippen LogP contribution in [0.5, 0.6) is 0 Å². The number of carbonyl (C=O) groups excluding carboxylic acids is 1. The molecule has 0 atom stereocenters. The normalized spacial score (nSPS) is 20.2. The van der Waals surface area contributed by atoms with Crippen molar-refractivity contribution >= 4 is 38.5 Å². The van der Waals surface area contributed by atoms with Gasteiger partial charge in [-0.3, -0.25) is 9.20 Å². The molecule has 3 aromatic heterocycles. The zero-order chi connectivity index (χ0) is 27.8. The molecule has 1 amide bonds. The Hall–Kier alpha value is -3.29. The number of alkyl halides is 3. The summed E-state index contributed by atoms with van der Waals surface area (Å²) in [4.78, 5) is 20.7. The number of hydrogen-bond acceptors (Lipinski definition) is 9. The predicted octanol–water partition coefficient (Wildman–Crippen LogP) is 2.65. The molecule has 2 saturated carbocycles. The summed E-state index contributed by atoms with van der Waals surface area (Å²) in [6, 6.07) is 3.46. The van der Waals surface area contributed by atoms with Crippen LogP contribution in [0.25, 0.3) is 16.3 Å². The molecular formula is C23H23F3N8O3S2. The first-order chi connectivity index (χ1) is 18.3. The van der Waals surface area contributed by atoms with E-state index in [1.165, 1.54) is 22.9 Å². The molecule has 39 heavy (non-hydrogen) atoms. The van der Waals surface area contributed by atoms with Crippen molar-refractivity contribution in [1.29, 1.82) is 5.26 Å². The van der Waals surface area contributed by atoms with Gasteiger partial charge in [0.05, 0.1) is 23.5 Å².